The molecule has 2 atom stereocenters. The predicted octanol–water partition coefficient (Wildman–Crippen LogP) is 0.367. The number of fused-ring (bicyclic) bond motifs is 2. The second-order valence-electron chi connectivity index (χ2n) is 8.85. The molecular formula is C25H30N6O7. The van der Waals surface area contributed by atoms with E-state index < -0.39 is 23.8 Å². The van der Waals surface area contributed by atoms with Crippen molar-refractivity contribution in [2.75, 3.05) is 20.1 Å². The molecule has 2 fully saturated rings. The number of likely N-dealkylation sites (N-methyl/N-ethyl adjacent to an activating group) is 1. The smallest absolute Gasteiger partial charge is 0.358 e. The van der Waals surface area contributed by atoms with E-state index in [1.165, 1.54) is 18.1 Å². The second-order valence-corrected chi connectivity index (χ2v) is 8.85. The predicted molar refractivity (Wildman–Crippen MR) is 134 cm³/mol. The fourth-order valence-corrected chi connectivity index (χ4v) is 4.22. The number of urea groups is 1. The number of rotatable bonds is 8. The molecule has 0 unspecified atom stereocenters. The van der Waals surface area contributed by atoms with Gasteiger partial charge < -0.3 is 19.9 Å². The minimum Gasteiger partial charge on any atom is -0.360 e. The molecule has 13 nitrogen and oxygen atoms in total. The number of aromatic amines is 1. The quantitative estimate of drug-likeness (QED) is 0.252. The van der Waals surface area contributed by atoms with E-state index in [0.29, 0.717) is 43.0 Å². The normalized spacial score (nSPS) is 18.1. The highest BCUT2D eigenvalue weighted by atomic mass is 16.2. The topological polar surface area (TPSA) is 169 Å². The molecule has 0 aliphatic carbocycles. The number of nitrogens with one attached hydrogen (secondary N) is 3. The van der Waals surface area contributed by atoms with Crippen molar-refractivity contribution in [3.8, 4) is 0 Å². The fourth-order valence-electron chi connectivity index (χ4n) is 4.22. The summed E-state index contributed by atoms with van der Waals surface area (Å²) >= 11 is 0. The Labute approximate surface area is 218 Å². The summed E-state index contributed by atoms with van der Waals surface area (Å²) in [7, 11) is 1.65. The molecule has 1 aromatic carbocycles. The summed E-state index contributed by atoms with van der Waals surface area (Å²) in [6.07, 6.45) is 4.07. The van der Waals surface area contributed by atoms with E-state index in [9.17, 15) is 33.6 Å². The number of hydrogen-bond acceptors (Lipinski definition) is 8. The molecule has 0 spiro atoms. The highest BCUT2D eigenvalue weighted by Gasteiger charge is 2.41. The number of Topliss-reactive ketones (excluding diaryl/α,β-unsaturated/α-hetero) is 2. The number of aromatic nitrogens is 1. The lowest BCUT2D eigenvalue weighted by Gasteiger charge is -2.41. The van der Waals surface area contributed by atoms with E-state index >= 15 is 0 Å². The van der Waals surface area contributed by atoms with Crippen molar-refractivity contribution in [1.82, 2.24) is 30.8 Å². The van der Waals surface area contributed by atoms with Crippen molar-refractivity contribution in [3.05, 3.63) is 36.0 Å². The van der Waals surface area contributed by atoms with Gasteiger partial charge in [-0.15, -0.1) is 0 Å². The van der Waals surface area contributed by atoms with Crippen LogP contribution in [0.3, 0.4) is 0 Å². The molecule has 4 amide bonds. The first-order chi connectivity index (χ1) is 18.2. The Morgan fingerprint density at radius 1 is 1.16 bits per heavy atom. The standard InChI is InChI=1S/C19H19N5O5.C6H11NO2/c25-11-12-4-3-8-23-16(26)7-9-22(19(29)24(12)23)21-18(28)17(27)14-10-20-15-6-2-1-5-13(14)15;1-5(9)3-6(4-8)7-2/h1-2,5-6,10-12,20H,3-4,7-9H2,(H,21,28);4,6-7H,3H2,1-2H3/t12-;6-/m00/s1. The fraction of sp³-hybridized carbons (Fsp3) is 0.400. The van der Waals surface area contributed by atoms with Crippen molar-refractivity contribution >= 4 is 52.9 Å². The number of hydrazine groups is 2. The number of carbonyl (C=O) groups excluding carboxylic acids is 7. The number of amides is 4. The molecule has 3 heterocycles. The van der Waals surface area contributed by atoms with Gasteiger partial charge in [-0.2, -0.15) is 0 Å². The lowest BCUT2D eigenvalue weighted by molar-refractivity contribution is -0.151. The SMILES string of the molecule is CN[C@H](C=O)CC(C)=O.O=C[C@@H]1CCCN2C(=O)CCN(NC(=O)C(=O)c3c[nH]c4ccccc34)C(=O)N12. The van der Waals surface area contributed by atoms with Crippen molar-refractivity contribution in [1.29, 1.82) is 0 Å². The summed E-state index contributed by atoms with van der Waals surface area (Å²) in [5, 5.41) is 6.53. The monoisotopic (exact) mass is 526 g/mol. The molecule has 2 aliphatic heterocycles. The van der Waals surface area contributed by atoms with Crippen LogP contribution in [0.5, 0.6) is 0 Å². The highest BCUT2D eigenvalue weighted by Crippen LogP contribution is 2.22. The number of para-hydroxylation sites is 1. The maximum Gasteiger partial charge on any atom is 0.358 e. The zero-order chi connectivity index (χ0) is 27.8. The first-order valence-corrected chi connectivity index (χ1v) is 12.1. The van der Waals surface area contributed by atoms with Gasteiger partial charge in [0.05, 0.1) is 18.2 Å². The molecule has 4 rings (SSSR count). The Balaban J connectivity index is 0.000000383. The number of nitrogens with zero attached hydrogens (tertiary/aromatic N) is 3. The average molecular weight is 527 g/mol. The van der Waals surface area contributed by atoms with Gasteiger partial charge in [-0.3, -0.25) is 24.6 Å². The van der Waals surface area contributed by atoms with Crippen LogP contribution >= 0.6 is 0 Å². The Hall–Kier alpha value is -4.39. The number of carbonyl (C=O) groups is 7. The average Bonchev–Trinajstić information content (AvgIpc) is 3.32. The Morgan fingerprint density at radius 3 is 2.53 bits per heavy atom. The molecular weight excluding hydrogens is 496 g/mol. The summed E-state index contributed by atoms with van der Waals surface area (Å²) in [5.74, 6) is -2.09. The van der Waals surface area contributed by atoms with E-state index in [1.807, 2.05) is 0 Å². The third kappa shape index (κ3) is 6.29. The van der Waals surface area contributed by atoms with Crippen molar-refractivity contribution in [2.24, 2.45) is 0 Å². The lowest BCUT2D eigenvalue weighted by Crippen LogP contribution is -2.61. The van der Waals surface area contributed by atoms with Crippen molar-refractivity contribution in [2.45, 2.75) is 44.7 Å². The number of benzene rings is 1. The molecule has 1 aromatic heterocycles. The Kier molecular flexibility index (Phi) is 9.44. The maximum atomic E-state index is 12.9. The number of ketones is 2. The van der Waals surface area contributed by atoms with Crippen LogP contribution in [0, 0.1) is 0 Å². The third-order valence-corrected chi connectivity index (χ3v) is 6.18. The van der Waals surface area contributed by atoms with E-state index in [4.69, 9.17) is 0 Å². The van der Waals surface area contributed by atoms with Crippen LogP contribution in [-0.4, -0.2) is 94.2 Å². The number of aldehydes is 2. The molecule has 0 radical (unpaired) electrons. The Bertz CT molecular complexity index is 1240. The summed E-state index contributed by atoms with van der Waals surface area (Å²) in [6, 6.07) is 5.23. The zero-order valence-corrected chi connectivity index (χ0v) is 21.1. The summed E-state index contributed by atoms with van der Waals surface area (Å²) in [6.45, 7) is 1.70. The molecule has 3 N–H and O–H groups in total. The summed E-state index contributed by atoms with van der Waals surface area (Å²) in [5.41, 5.74) is 3.19. The van der Waals surface area contributed by atoms with Crippen LogP contribution in [0.25, 0.3) is 10.9 Å². The molecule has 202 valence electrons. The van der Waals surface area contributed by atoms with Crippen LogP contribution in [0.2, 0.25) is 0 Å². The molecule has 2 saturated heterocycles. The number of hydrogen-bond donors (Lipinski definition) is 3. The van der Waals surface area contributed by atoms with Gasteiger partial charge in [-0.25, -0.2) is 19.8 Å². The minimum atomic E-state index is -0.997. The largest absolute Gasteiger partial charge is 0.360 e. The van der Waals surface area contributed by atoms with Gasteiger partial charge in [0.15, 0.2) is 0 Å². The minimum absolute atomic E-state index is 0.0291. The van der Waals surface area contributed by atoms with Crippen molar-refractivity contribution < 1.29 is 33.6 Å². The van der Waals surface area contributed by atoms with Crippen LogP contribution in [0.4, 0.5) is 4.79 Å². The van der Waals surface area contributed by atoms with Crippen molar-refractivity contribution in [3.63, 3.8) is 0 Å². The summed E-state index contributed by atoms with van der Waals surface area (Å²) in [4.78, 5) is 85.2. The first-order valence-electron chi connectivity index (χ1n) is 12.1. The van der Waals surface area contributed by atoms with Gasteiger partial charge in [0.25, 0.3) is 5.78 Å². The Morgan fingerprint density at radius 2 is 1.89 bits per heavy atom. The summed E-state index contributed by atoms with van der Waals surface area (Å²) < 4.78 is 0. The van der Waals surface area contributed by atoms with E-state index in [0.717, 1.165) is 16.3 Å². The van der Waals surface area contributed by atoms with E-state index in [2.05, 4.69) is 15.7 Å². The molecule has 2 aromatic rings. The first kappa shape index (κ1) is 28.2. The van der Waals surface area contributed by atoms with Gasteiger partial charge in [-0.05, 0) is 32.9 Å². The third-order valence-electron chi connectivity index (χ3n) is 6.18. The second kappa shape index (κ2) is 12.7. The lowest BCUT2D eigenvalue weighted by atomic mass is 10.1. The molecule has 2 aliphatic rings. The van der Waals surface area contributed by atoms with Crippen LogP contribution in [0.1, 0.15) is 43.0 Å². The van der Waals surface area contributed by atoms with Gasteiger partial charge in [-0.1, -0.05) is 18.2 Å². The van der Waals surface area contributed by atoms with Crippen LogP contribution in [-0.2, 0) is 24.0 Å². The number of H-pyrrole nitrogens is 1. The highest BCUT2D eigenvalue weighted by molar-refractivity contribution is 6.45. The van der Waals surface area contributed by atoms with E-state index in [1.54, 1.807) is 31.3 Å². The molecule has 0 saturated carbocycles. The van der Waals surface area contributed by atoms with Crippen LogP contribution in [0.15, 0.2) is 30.5 Å². The van der Waals surface area contributed by atoms with Gasteiger partial charge >= 0.3 is 11.9 Å². The van der Waals surface area contributed by atoms with Crippen LogP contribution < -0.4 is 10.7 Å². The van der Waals surface area contributed by atoms with Gasteiger partial charge in [0, 0.05) is 36.5 Å². The molecule has 13 heteroatoms. The van der Waals surface area contributed by atoms with Gasteiger partial charge in [0.2, 0.25) is 5.91 Å². The van der Waals surface area contributed by atoms with Gasteiger partial charge in [0.1, 0.15) is 24.4 Å². The molecule has 38 heavy (non-hydrogen) atoms. The van der Waals surface area contributed by atoms with E-state index in [-0.39, 0.29) is 36.3 Å². The zero-order valence-electron chi connectivity index (χ0n) is 21.1. The molecule has 0 bridgehead atoms. The maximum absolute atomic E-state index is 12.9.